The van der Waals surface area contributed by atoms with E-state index in [0.29, 0.717) is 5.94 Å². The Morgan fingerprint density at radius 3 is 2.25 bits per heavy atom. The zero-order valence-electron chi connectivity index (χ0n) is 2.56. The molecule has 3 heteroatoms. The first-order valence-corrected chi connectivity index (χ1v) is 1.65. The molecule has 0 saturated carbocycles. The third kappa shape index (κ3) is 2.37. The number of hydrogen-bond donors (Lipinski definition) is 1. The molecule has 1 nitrogen and oxygen atoms in total. The van der Waals surface area contributed by atoms with Gasteiger partial charge in [0.25, 0.3) is 8.05 Å². The van der Waals surface area contributed by atoms with E-state index in [2.05, 4.69) is 17.3 Å². The monoisotopic (exact) mass is 76.0 g/mol. The standard InChI is InChI=1S/CH5BOS/c2-3-1-4/h4H,1-2H2. The lowest BCUT2D eigenvalue weighted by Crippen LogP contribution is -1.72. The molecule has 0 bridgehead atoms. The summed E-state index contributed by atoms with van der Waals surface area (Å²) >= 11 is 3.70. The minimum Gasteiger partial charge on any atom is -0.435 e. The maximum absolute atomic E-state index is 4.41. The fourth-order valence-electron chi connectivity index (χ4n) is 0. The average Bonchev–Trinajstić information content (AvgIpc) is 1.37. The first-order valence-electron chi connectivity index (χ1n) is 1.01. The summed E-state index contributed by atoms with van der Waals surface area (Å²) in [5, 5.41) is 0. The van der Waals surface area contributed by atoms with Gasteiger partial charge in [-0.05, 0) is 0 Å². The lowest BCUT2D eigenvalue weighted by Gasteiger charge is -1.76. The van der Waals surface area contributed by atoms with Gasteiger partial charge in [0.05, 0.1) is 5.94 Å². The molecule has 0 saturated heterocycles. The average molecular weight is 75.9 g/mol. The largest absolute Gasteiger partial charge is 0.435 e. The lowest BCUT2D eigenvalue weighted by atomic mass is 10.6. The second-order valence-corrected chi connectivity index (χ2v) is 0.676. The maximum Gasteiger partial charge on any atom is 0.258 e. The van der Waals surface area contributed by atoms with Crippen LogP contribution in [0.5, 0.6) is 0 Å². The Balaban J connectivity index is 1.97. The van der Waals surface area contributed by atoms with Crippen molar-refractivity contribution in [2.45, 2.75) is 0 Å². The molecule has 24 valence electrons. The molecule has 0 aromatic heterocycles. The van der Waals surface area contributed by atoms with Gasteiger partial charge in [0, 0.05) is 0 Å². The van der Waals surface area contributed by atoms with Crippen LogP contribution in [0.25, 0.3) is 0 Å². The van der Waals surface area contributed by atoms with Crippen molar-refractivity contribution < 1.29 is 4.65 Å². The van der Waals surface area contributed by atoms with Crippen LogP contribution >= 0.6 is 12.6 Å². The Hall–Kier alpha value is 0.375. The molecule has 0 atom stereocenters. The van der Waals surface area contributed by atoms with E-state index in [0.717, 1.165) is 0 Å². The summed E-state index contributed by atoms with van der Waals surface area (Å²) < 4.78 is 4.41. The zero-order valence-corrected chi connectivity index (χ0v) is 3.46. The highest BCUT2D eigenvalue weighted by atomic mass is 32.1. The molecule has 0 spiro atoms. The third-order valence-electron chi connectivity index (χ3n) is 0.129. The van der Waals surface area contributed by atoms with E-state index in [4.69, 9.17) is 0 Å². The van der Waals surface area contributed by atoms with Gasteiger partial charge in [-0.15, -0.1) is 0 Å². The second kappa shape index (κ2) is 3.37. The number of hydrogen-bond acceptors (Lipinski definition) is 2. The Kier molecular flexibility index (Phi) is 3.69. The topological polar surface area (TPSA) is 9.23 Å². The minimum absolute atomic E-state index is 0.514. The highest BCUT2D eigenvalue weighted by Crippen LogP contribution is 1.64. The summed E-state index contributed by atoms with van der Waals surface area (Å²) in [6.07, 6.45) is 0. The molecule has 4 heavy (non-hydrogen) atoms. The molecule has 0 aliphatic heterocycles. The van der Waals surface area contributed by atoms with Crippen molar-refractivity contribution in [1.82, 2.24) is 0 Å². The molecule has 0 aromatic rings. The van der Waals surface area contributed by atoms with E-state index < -0.39 is 0 Å². The van der Waals surface area contributed by atoms with Crippen LogP contribution in [0.2, 0.25) is 0 Å². The zero-order chi connectivity index (χ0) is 3.41. The Bertz CT molecular complexity index is 10.0. The van der Waals surface area contributed by atoms with Crippen molar-refractivity contribution in [2.24, 2.45) is 0 Å². The predicted molar refractivity (Wildman–Crippen MR) is 23.5 cm³/mol. The van der Waals surface area contributed by atoms with Crippen molar-refractivity contribution >= 4 is 20.7 Å². The van der Waals surface area contributed by atoms with E-state index >= 15 is 0 Å². The highest BCUT2D eigenvalue weighted by Gasteiger charge is 1.52. The fourth-order valence-corrected chi connectivity index (χ4v) is 0. The van der Waals surface area contributed by atoms with Gasteiger partial charge in [-0.3, -0.25) is 0 Å². The first kappa shape index (κ1) is 4.37. The Labute approximate surface area is 32.2 Å². The third-order valence-corrected chi connectivity index (χ3v) is 0.387. The molecule has 0 unspecified atom stereocenters. The molecule has 0 N–H and O–H groups in total. The molecule has 0 fully saturated rings. The number of rotatable bonds is 1. The number of thiol groups is 1. The predicted octanol–water partition coefficient (Wildman–Crippen LogP) is -0.562. The van der Waals surface area contributed by atoms with E-state index in [-0.39, 0.29) is 0 Å². The van der Waals surface area contributed by atoms with Crippen LogP contribution in [0, 0.1) is 0 Å². The van der Waals surface area contributed by atoms with Crippen molar-refractivity contribution in [3.63, 3.8) is 0 Å². The summed E-state index contributed by atoms with van der Waals surface area (Å²) in [6.45, 7) is 0. The molecule has 0 heterocycles. The van der Waals surface area contributed by atoms with Gasteiger partial charge in [-0.1, -0.05) is 0 Å². The van der Waals surface area contributed by atoms with E-state index in [1.54, 1.807) is 8.05 Å². The van der Waals surface area contributed by atoms with Crippen LogP contribution in [-0.4, -0.2) is 14.0 Å². The fraction of sp³-hybridized carbons (Fsp3) is 1.00. The van der Waals surface area contributed by atoms with Crippen LogP contribution in [0.4, 0.5) is 0 Å². The van der Waals surface area contributed by atoms with Crippen LogP contribution < -0.4 is 0 Å². The van der Waals surface area contributed by atoms with Gasteiger partial charge in [0.15, 0.2) is 0 Å². The van der Waals surface area contributed by atoms with Gasteiger partial charge >= 0.3 is 0 Å². The molecule has 0 aliphatic rings. The molecule has 0 amide bonds. The molecular formula is CH5BOS. The smallest absolute Gasteiger partial charge is 0.258 e. The quantitative estimate of drug-likeness (QED) is 0.250. The lowest BCUT2D eigenvalue weighted by molar-refractivity contribution is 0.438. The SMILES string of the molecule is BOCS. The van der Waals surface area contributed by atoms with Crippen molar-refractivity contribution in [3.8, 4) is 0 Å². The maximum atomic E-state index is 4.41. The minimum atomic E-state index is 0.514. The second-order valence-electron chi connectivity index (χ2n) is 0.418. The van der Waals surface area contributed by atoms with E-state index in [1.165, 1.54) is 0 Å². The normalized spacial score (nSPS) is 7.25. The Morgan fingerprint density at radius 2 is 2.25 bits per heavy atom. The molecule has 0 aromatic carbocycles. The van der Waals surface area contributed by atoms with Crippen LogP contribution in [0.15, 0.2) is 0 Å². The van der Waals surface area contributed by atoms with Crippen molar-refractivity contribution in [1.29, 1.82) is 0 Å². The van der Waals surface area contributed by atoms with Gasteiger partial charge in [0.1, 0.15) is 0 Å². The van der Waals surface area contributed by atoms with Gasteiger partial charge in [0.2, 0.25) is 0 Å². The molecule has 0 radical (unpaired) electrons. The summed E-state index contributed by atoms with van der Waals surface area (Å²) in [7, 11) is 1.60. The molecular weight excluding hydrogens is 70.9 g/mol. The first-order chi connectivity index (χ1) is 1.91. The van der Waals surface area contributed by atoms with Crippen LogP contribution in [0.3, 0.4) is 0 Å². The van der Waals surface area contributed by atoms with Gasteiger partial charge in [-0.2, -0.15) is 12.6 Å². The van der Waals surface area contributed by atoms with Crippen molar-refractivity contribution in [2.75, 3.05) is 5.94 Å². The highest BCUT2D eigenvalue weighted by molar-refractivity contribution is 7.80. The van der Waals surface area contributed by atoms with Crippen molar-refractivity contribution in [3.05, 3.63) is 0 Å². The van der Waals surface area contributed by atoms with Gasteiger partial charge in [-0.25, -0.2) is 0 Å². The van der Waals surface area contributed by atoms with E-state index in [9.17, 15) is 0 Å². The van der Waals surface area contributed by atoms with Gasteiger partial charge < -0.3 is 4.65 Å². The molecule has 0 aliphatic carbocycles. The molecule has 0 rings (SSSR count). The summed E-state index contributed by atoms with van der Waals surface area (Å²) in [4.78, 5) is 0. The van der Waals surface area contributed by atoms with Crippen LogP contribution in [-0.2, 0) is 4.65 Å². The summed E-state index contributed by atoms with van der Waals surface area (Å²) in [5.74, 6) is 0.514. The summed E-state index contributed by atoms with van der Waals surface area (Å²) in [6, 6.07) is 0. The van der Waals surface area contributed by atoms with Crippen LogP contribution in [0.1, 0.15) is 0 Å². The van der Waals surface area contributed by atoms with E-state index in [1.807, 2.05) is 0 Å². The Morgan fingerprint density at radius 1 is 2.00 bits per heavy atom. The summed E-state index contributed by atoms with van der Waals surface area (Å²) in [5.41, 5.74) is 0.